The first-order chi connectivity index (χ1) is 11.3. The number of nitrogens with one attached hydrogen (secondary N) is 1. The fourth-order valence-electron chi connectivity index (χ4n) is 2.82. The molecule has 0 saturated heterocycles. The first-order valence-corrected chi connectivity index (χ1v) is 9.49. The van der Waals surface area contributed by atoms with Gasteiger partial charge in [0.25, 0.3) is 5.69 Å². The van der Waals surface area contributed by atoms with Crippen molar-refractivity contribution >= 4 is 21.2 Å². The van der Waals surface area contributed by atoms with Crippen molar-refractivity contribution in [2.45, 2.75) is 23.2 Å². The number of sulfone groups is 1. The Kier molecular flexibility index (Phi) is 4.04. The van der Waals surface area contributed by atoms with Crippen molar-refractivity contribution in [3.63, 3.8) is 0 Å². The number of nitro benzene ring substituents is 1. The number of anilines is 1. The molecule has 2 aromatic carbocycles. The second-order valence-corrected chi connectivity index (χ2v) is 8.22. The molecule has 1 N–H and O–H groups in total. The second kappa shape index (κ2) is 5.90. The summed E-state index contributed by atoms with van der Waals surface area (Å²) in [4.78, 5) is 10.7. The predicted octanol–water partition coefficient (Wildman–Crippen LogP) is 3.14. The Labute approximate surface area is 140 Å². The molecule has 0 spiro atoms. The van der Waals surface area contributed by atoms with Gasteiger partial charge in [0.05, 0.1) is 9.82 Å². The summed E-state index contributed by atoms with van der Waals surface area (Å²) in [6, 6.07) is 14.0. The molecule has 2 aromatic rings. The van der Waals surface area contributed by atoms with Gasteiger partial charge in [-0.2, -0.15) is 0 Å². The highest BCUT2D eigenvalue weighted by Crippen LogP contribution is 2.48. The lowest BCUT2D eigenvalue weighted by Gasteiger charge is -2.17. The highest BCUT2D eigenvalue weighted by molar-refractivity contribution is 7.90. The average Bonchev–Trinajstić information content (AvgIpc) is 3.34. The molecule has 0 radical (unpaired) electrons. The van der Waals surface area contributed by atoms with Crippen molar-refractivity contribution in [3.8, 4) is 0 Å². The largest absolute Gasteiger partial charge is 0.379 e. The van der Waals surface area contributed by atoms with E-state index in [0.29, 0.717) is 12.2 Å². The van der Waals surface area contributed by atoms with E-state index < -0.39 is 14.8 Å². The molecule has 6 nitrogen and oxygen atoms in total. The van der Waals surface area contributed by atoms with Crippen molar-refractivity contribution in [2.24, 2.45) is 0 Å². The predicted molar refractivity (Wildman–Crippen MR) is 92.0 cm³/mol. The van der Waals surface area contributed by atoms with Crippen molar-refractivity contribution in [2.75, 3.05) is 18.1 Å². The van der Waals surface area contributed by atoms with Gasteiger partial charge in [0.1, 0.15) is 5.69 Å². The first-order valence-electron chi connectivity index (χ1n) is 7.60. The van der Waals surface area contributed by atoms with Crippen LogP contribution in [0.3, 0.4) is 0 Å². The molecule has 1 fully saturated rings. The van der Waals surface area contributed by atoms with Crippen LogP contribution in [0.4, 0.5) is 11.4 Å². The van der Waals surface area contributed by atoms with E-state index in [0.717, 1.165) is 25.2 Å². The van der Waals surface area contributed by atoms with Crippen molar-refractivity contribution in [3.05, 3.63) is 64.2 Å². The summed E-state index contributed by atoms with van der Waals surface area (Å²) in [7, 11) is -3.48. The summed E-state index contributed by atoms with van der Waals surface area (Å²) in [5, 5.41) is 14.4. The zero-order chi connectivity index (χ0) is 17.4. The van der Waals surface area contributed by atoms with Crippen LogP contribution in [-0.2, 0) is 15.3 Å². The minimum atomic E-state index is -3.48. The van der Waals surface area contributed by atoms with E-state index in [1.54, 1.807) is 0 Å². The highest BCUT2D eigenvalue weighted by atomic mass is 32.2. The molecule has 0 amide bonds. The van der Waals surface area contributed by atoms with Crippen LogP contribution in [0.2, 0.25) is 0 Å². The quantitative estimate of drug-likeness (QED) is 0.641. The number of nitrogens with zero attached hydrogens (tertiary/aromatic N) is 1. The molecule has 1 saturated carbocycles. The molecular weight excluding hydrogens is 328 g/mol. The Morgan fingerprint density at radius 3 is 2.38 bits per heavy atom. The minimum Gasteiger partial charge on any atom is -0.379 e. The summed E-state index contributed by atoms with van der Waals surface area (Å²) in [6.07, 6.45) is 3.09. The van der Waals surface area contributed by atoms with Crippen LogP contribution < -0.4 is 5.32 Å². The number of nitro groups is 1. The van der Waals surface area contributed by atoms with Gasteiger partial charge in [0.15, 0.2) is 9.84 Å². The zero-order valence-electron chi connectivity index (χ0n) is 13.2. The topological polar surface area (TPSA) is 89.3 Å². The zero-order valence-corrected chi connectivity index (χ0v) is 14.0. The van der Waals surface area contributed by atoms with Gasteiger partial charge in [-0.1, -0.05) is 30.3 Å². The van der Waals surface area contributed by atoms with Gasteiger partial charge >= 0.3 is 0 Å². The highest BCUT2D eigenvalue weighted by Gasteiger charge is 2.44. The molecule has 0 aromatic heterocycles. The fourth-order valence-corrected chi connectivity index (χ4v) is 3.46. The lowest BCUT2D eigenvalue weighted by molar-refractivity contribution is -0.384. The van der Waals surface area contributed by atoms with Crippen molar-refractivity contribution in [1.29, 1.82) is 0 Å². The lowest BCUT2D eigenvalue weighted by Crippen LogP contribution is -2.20. The van der Waals surface area contributed by atoms with Crippen LogP contribution in [0.1, 0.15) is 18.4 Å². The lowest BCUT2D eigenvalue weighted by atomic mass is 9.96. The van der Waals surface area contributed by atoms with Crippen LogP contribution in [0.5, 0.6) is 0 Å². The molecule has 1 aliphatic carbocycles. The smallest absolute Gasteiger partial charge is 0.293 e. The maximum atomic E-state index is 11.6. The Balaban J connectivity index is 1.84. The molecule has 0 atom stereocenters. The van der Waals surface area contributed by atoms with Gasteiger partial charge in [-0.15, -0.1) is 0 Å². The van der Waals surface area contributed by atoms with Crippen LogP contribution in [0.25, 0.3) is 0 Å². The Morgan fingerprint density at radius 2 is 1.83 bits per heavy atom. The average molecular weight is 346 g/mol. The van der Waals surface area contributed by atoms with Gasteiger partial charge in [-0.05, 0) is 30.5 Å². The number of benzene rings is 2. The summed E-state index contributed by atoms with van der Waals surface area (Å²) >= 11 is 0. The van der Waals surface area contributed by atoms with Crippen molar-refractivity contribution in [1.82, 2.24) is 0 Å². The second-order valence-electron chi connectivity index (χ2n) is 6.21. The summed E-state index contributed by atoms with van der Waals surface area (Å²) in [5.74, 6) is 0. The van der Waals surface area contributed by atoms with E-state index >= 15 is 0 Å². The van der Waals surface area contributed by atoms with E-state index in [2.05, 4.69) is 17.4 Å². The monoisotopic (exact) mass is 346 g/mol. The summed E-state index contributed by atoms with van der Waals surface area (Å²) in [6.45, 7) is 0.579. The van der Waals surface area contributed by atoms with Crippen LogP contribution in [-0.4, -0.2) is 26.1 Å². The fraction of sp³-hybridized carbons (Fsp3) is 0.294. The molecule has 7 heteroatoms. The Morgan fingerprint density at radius 1 is 1.17 bits per heavy atom. The molecule has 126 valence electrons. The molecule has 0 bridgehead atoms. The van der Waals surface area contributed by atoms with Gasteiger partial charge in [-0.25, -0.2) is 8.42 Å². The normalized spacial score (nSPS) is 15.7. The van der Waals surface area contributed by atoms with E-state index in [-0.39, 0.29) is 16.0 Å². The van der Waals surface area contributed by atoms with E-state index in [1.807, 2.05) is 18.2 Å². The third-order valence-electron chi connectivity index (χ3n) is 4.45. The summed E-state index contributed by atoms with van der Waals surface area (Å²) in [5.41, 5.74) is 1.34. The van der Waals surface area contributed by atoms with Crippen molar-refractivity contribution < 1.29 is 13.3 Å². The van der Waals surface area contributed by atoms with Crippen LogP contribution in [0.15, 0.2) is 53.4 Å². The first kappa shape index (κ1) is 16.4. The van der Waals surface area contributed by atoms with Gasteiger partial charge < -0.3 is 5.32 Å². The molecule has 1 aliphatic rings. The van der Waals surface area contributed by atoms with Gasteiger partial charge in [0, 0.05) is 24.3 Å². The summed E-state index contributed by atoms with van der Waals surface area (Å²) < 4.78 is 23.2. The van der Waals surface area contributed by atoms with E-state index in [4.69, 9.17) is 0 Å². The van der Waals surface area contributed by atoms with Gasteiger partial charge in [-0.3, -0.25) is 10.1 Å². The SMILES string of the molecule is CS(=O)(=O)c1ccc(NCC2(c3ccccc3)CC2)c([N+](=O)[O-])c1. The Hall–Kier alpha value is -2.41. The number of hydrogen-bond donors (Lipinski definition) is 1. The molecule has 0 unspecified atom stereocenters. The van der Waals surface area contributed by atoms with E-state index in [9.17, 15) is 18.5 Å². The Bertz CT molecular complexity index is 875. The van der Waals surface area contributed by atoms with Crippen LogP contribution >= 0.6 is 0 Å². The van der Waals surface area contributed by atoms with E-state index in [1.165, 1.54) is 17.7 Å². The maximum absolute atomic E-state index is 11.6. The molecule has 3 rings (SSSR count). The number of hydrogen-bond acceptors (Lipinski definition) is 5. The molecule has 24 heavy (non-hydrogen) atoms. The molecular formula is C17H18N2O4S. The third kappa shape index (κ3) is 3.26. The van der Waals surface area contributed by atoms with Crippen LogP contribution in [0, 0.1) is 10.1 Å². The third-order valence-corrected chi connectivity index (χ3v) is 5.56. The number of rotatable bonds is 6. The standard InChI is InChI=1S/C17H18N2O4S/c1-24(22,23)14-7-8-15(16(11-14)19(20)21)18-12-17(9-10-17)13-5-3-2-4-6-13/h2-8,11,18H,9-10,12H2,1H3. The molecule has 0 aliphatic heterocycles. The van der Waals surface area contributed by atoms with Gasteiger partial charge in [0.2, 0.25) is 0 Å². The molecule has 0 heterocycles. The minimum absolute atomic E-state index is 0.00460. The maximum Gasteiger partial charge on any atom is 0.293 e.